The predicted octanol–water partition coefficient (Wildman–Crippen LogP) is 12.6. The summed E-state index contributed by atoms with van der Waals surface area (Å²) >= 11 is 0. The van der Waals surface area contributed by atoms with E-state index in [1.54, 1.807) is 0 Å². The molecule has 44 heavy (non-hydrogen) atoms. The van der Waals surface area contributed by atoms with Crippen molar-refractivity contribution in [1.82, 2.24) is 0 Å². The molecular formula is C43H47N. The third-order valence-corrected chi connectivity index (χ3v) is 9.85. The molecule has 4 aromatic rings. The molecule has 0 saturated heterocycles. The molecule has 0 aromatic heterocycles. The van der Waals surface area contributed by atoms with Gasteiger partial charge in [0, 0.05) is 17.1 Å². The summed E-state index contributed by atoms with van der Waals surface area (Å²) in [6, 6.07) is 36.5. The highest BCUT2D eigenvalue weighted by Gasteiger charge is 2.33. The first kappa shape index (κ1) is 29.9. The highest BCUT2D eigenvalue weighted by Crippen LogP contribution is 2.44. The van der Waals surface area contributed by atoms with Crippen LogP contribution >= 0.6 is 0 Å². The van der Waals surface area contributed by atoms with E-state index in [0.29, 0.717) is 0 Å². The molecule has 224 valence electrons. The first-order chi connectivity index (χ1) is 21.3. The summed E-state index contributed by atoms with van der Waals surface area (Å²) in [6.45, 7) is 13.5. The lowest BCUT2D eigenvalue weighted by Gasteiger charge is -2.38. The topological polar surface area (TPSA) is 3.24 Å². The molecule has 1 fully saturated rings. The Kier molecular flexibility index (Phi) is 8.50. The van der Waals surface area contributed by atoms with Gasteiger partial charge in [-0.1, -0.05) is 119 Å². The van der Waals surface area contributed by atoms with E-state index in [-0.39, 0.29) is 10.8 Å². The molecule has 1 heteroatoms. The average molecular weight is 578 g/mol. The van der Waals surface area contributed by atoms with Crippen molar-refractivity contribution in [2.75, 3.05) is 4.90 Å². The SMILES string of the molecule is C=C1CCCC(CC)(c2ccc(-c3ccc(N(c4ccc(C5=CCCC=C5)cc4)c4ccc(C(C)(C)C)cc4)cc3)cc2)C1. The van der Waals surface area contributed by atoms with Crippen LogP contribution in [0.15, 0.2) is 127 Å². The van der Waals surface area contributed by atoms with Crippen molar-refractivity contribution in [3.05, 3.63) is 144 Å². The molecule has 0 aliphatic heterocycles. The van der Waals surface area contributed by atoms with Crippen LogP contribution in [-0.4, -0.2) is 0 Å². The van der Waals surface area contributed by atoms with Gasteiger partial charge >= 0.3 is 0 Å². The van der Waals surface area contributed by atoms with Gasteiger partial charge in [-0.15, -0.1) is 0 Å². The van der Waals surface area contributed by atoms with E-state index in [4.69, 9.17) is 0 Å². The van der Waals surface area contributed by atoms with Gasteiger partial charge in [0.05, 0.1) is 0 Å². The molecular weight excluding hydrogens is 530 g/mol. The lowest BCUT2D eigenvalue weighted by atomic mass is 9.66. The van der Waals surface area contributed by atoms with Crippen molar-refractivity contribution in [2.45, 2.75) is 83.5 Å². The lowest BCUT2D eigenvalue weighted by molar-refractivity contribution is 0.330. The molecule has 0 spiro atoms. The first-order valence-corrected chi connectivity index (χ1v) is 16.5. The fourth-order valence-corrected chi connectivity index (χ4v) is 7.09. The smallest absolute Gasteiger partial charge is 0.0462 e. The Bertz CT molecular complexity index is 1640. The Morgan fingerprint density at radius 2 is 1.25 bits per heavy atom. The second kappa shape index (κ2) is 12.5. The van der Waals surface area contributed by atoms with Crippen molar-refractivity contribution < 1.29 is 0 Å². The fraction of sp³-hybridized carbons (Fsp3) is 0.302. The molecule has 2 aliphatic carbocycles. The van der Waals surface area contributed by atoms with Crippen molar-refractivity contribution in [3.8, 4) is 11.1 Å². The fourth-order valence-electron chi connectivity index (χ4n) is 7.09. The molecule has 4 aromatic carbocycles. The second-order valence-corrected chi connectivity index (χ2v) is 13.9. The summed E-state index contributed by atoms with van der Waals surface area (Å²) in [6.07, 6.45) is 15.1. The van der Waals surface area contributed by atoms with E-state index in [0.717, 1.165) is 30.6 Å². The zero-order valence-corrected chi connectivity index (χ0v) is 27.1. The minimum absolute atomic E-state index is 0.116. The Balaban J connectivity index is 1.30. The zero-order chi connectivity index (χ0) is 30.7. The quantitative estimate of drug-likeness (QED) is 0.197. The van der Waals surface area contributed by atoms with Gasteiger partial charge in [0.1, 0.15) is 0 Å². The maximum Gasteiger partial charge on any atom is 0.0462 e. The highest BCUT2D eigenvalue weighted by atomic mass is 15.1. The van der Waals surface area contributed by atoms with Crippen LogP contribution in [0.4, 0.5) is 17.1 Å². The van der Waals surface area contributed by atoms with Crippen LogP contribution < -0.4 is 4.90 Å². The molecule has 1 atom stereocenters. The zero-order valence-electron chi connectivity index (χ0n) is 27.1. The van der Waals surface area contributed by atoms with Crippen molar-refractivity contribution in [2.24, 2.45) is 0 Å². The molecule has 1 nitrogen and oxygen atoms in total. The third kappa shape index (κ3) is 6.25. The Hall–Kier alpha value is -4.10. The normalized spacial score (nSPS) is 18.6. The van der Waals surface area contributed by atoms with Gasteiger partial charge in [0.25, 0.3) is 0 Å². The molecule has 0 heterocycles. The maximum absolute atomic E-state index is 4.35. The average Bonchev–Trinajstić information content (AvgIpc) is 3.06. The molecule has 6 rings (SSSR count). The Morgan fingerprint density at radius 1 is 0.705 bits per heavy atom. The van der Waals surface area contributed by atoms with Gasteiger partial charge in [-0.05, 0) is 126 Å². The van der Waals surface area contributed by atoms with Crippen LogP contribution in [0.3, 0.4) is 0 Å². The van der Waals surface area contributed by atoms with E-state index in [2.05, 4.69) is 154 Å². The van der Waals surface area contributed by atoms with Crippen LogP contribution in [0.5, 0.6) is 0 Å². The van der Waals surface area contributed by atoms with Crippen LogP contribution in [0, 0.1) is 0 Å². The molecule has 1 unspecified atom stereocenters. The summed E-state index contributed by atoms with van der Waals surface area (Å²) < 4.78 is 0. The van der Waals surface area contributed by atoms with Gasteiger partial charge in [0.2, 0.25) is 0 Å². The molecule has 2 aliphatic rings. The summed E-state index contributed by atoms with van der Waals surface area (Å²) in [5, 5.41) is 0. The summed E-state index contributed by atoms with van der Waals surface area (Å²) in [7, 11) is 0. The van der Waals surface area contributed by atoms with E-state index >= 15 is 0 Å². The second-order valence-electron chi connectivity index (χ2n) is 13.9. The monoisotopic (exact) mass is 577 g/mol. The molecule has 1 saturated carbocycles. The number of allylic oxidation sites excluding steroid dienone is 5. The van der Waals surface area contributed by atoms with Gasteiger partial charge in [-0.3, -0.25) is 0 Å². The van der Waals surface area contributed by atoms with Gasteiger partial charge in [0.15, 0.2) is 0 Å². The van der Waals surface area contributed by atoms with Crippen molar-refractivity contribution in [3.63, 3.8) is 0 Å². The summed E-state index contributed by atoms with van der Waals surface area (Å²) in [5.74, 6) is 0. The Morgan fingerprint density at radius 3 is 1.75 bits per heavy atom. The van der Waals surface area contributed by atoms with Gasteiger partial charge in [-0.25, -0.2) is 0 Å². The molecule has 0 N–H and O–H groups in total. The standard InChI is InChI=1S/C43H47N/c1-6-43(30-10-11-32(2)31-43)38-20-14-34(15-21-38)36-18-26-40(27-19-36)44(41-28-22-37(23-29-41)42(3,4)5)39-24-16-35(17-25-39)33-12-8-7-9-13-33/h8,12-29H,2,6-7,9-11,30-31H2,1,3-5H3. The number of hydrogen-bond donors (Lipinski definition) is 0. The number of anilines is 3. The molecule has 0 bridgehead atoms. The predicted molar refractivity (Wildman–Crippen MR) is 191 cm³/mol. The van der Waals surface area contributed by atoms with E-state index in [1.807, 2.05) is 0 Å². The highest BCUT2D eigenvalue weighted by molar-refractivity contribution is 5.81. The number of nitrogens with zero attached hydrogens (tertiary/aromatic N) is 1. The van der Waals surface area contributed by atoms with Crippen LogP contribution in [0.25, 0.3) is 16.7 Å². The maximum atomic E-state index is 4.35. The lowest BCUT2D eigenvalue weighted by Crippen LogP contribution is -2.28. The largest absolute Gasteiger partial charge is 0.311 e. The van der Waals surface area contributed by atoms with Crippen molar-refractivity contribution in [1.29, 1.82) is 0 Å². The van der Waals surface area contributed by atoms with E-state index < -0.39 is 0 Å². The van der Waals surface area contributed by atoms with E-state index in [9.17, 15) is 0 Å². The Labute approximate surface area is 265 Å². The minimum Gasteiger partial charge on any atom is -0.311 e. The molecule has 0 radical (unpaired) electrons. The molecule has 0 amide bonds. The summed E-state index contributed by atoms with van der Waals surface area (Å²) in [5.41, 5.74) is 13.2. The van der Waals surface area contributed by atoms with Crippen LogP contribution in [-0.2, 0) is 10.8 Å². The van der Waals surface area contributed by atoms with Gasteiger partial charge in [-0.2, -0.15) is 0 Å². The number of benzene rings is 4. The summed E-state index contributed by atoms with van der Waals surface area (Å²) in [4.78, 5) is 2.37. The third-order valence-electron chi connectivity index (χ3n) is 9.85. The van der Waals surface area contributed by atoms with Gasteiger partial charge < -0.3 is 4.90 Å². The van der Waals surface area contributed by atoms with E-state index in [1.165, 1.54) is 70.3 Å². The number of rotatable bonds is 7. The van der Waals surface area contributed by atoms with Crippen molar-refractivity contribution >= 4 is 22.6 Å². The number of hydrogen-bond acceptors (Lipinski definition) is 1. The minimum atomic E-state index is 0.116. The van der Waals surface area contributed by atoms with Crippen LogP contribution in [0.1, 0.15) is 89.3 Å². The first-order valence-electron chi connectivity index (χ1n) is 16.5. The van der Waals surface area contributed by atoms with Crippen LogP contribution in [0.2, 0.25) is 0 Å².